The topological polar surface area (TPSA) is 63.3 Å². The average molecular weight is 127 g/mol. The van der Waals surface area contributed by atoms with Crippen LogP contribution >= 0.6 is 0 Å². The Kier molecular flexibility index (Phi) is 1.53. The molecule has 0 radical (unpaired) electrons. The van der Waals surface area contributed by atoms with Crippen LogP contribution in [0.5, 0.6) is 0 Å². The summed E-state index contributed by atoms with van der Waals surface area (Å²) in [6.07, 6.45) is 2.36. The number of hydrogen-bond donors (Lipinski definition) is 2. The summed E-state index contributed by atoms with van der Waals surface area (Å²) < 4.78 is 0. The van der Waals surface area contributed by atoms with Crippen LogP contribution in [0.1, 0.15) is 6.42 Å². The number of carboxylic acids is 1. The molecule has 0 aromatic heterocycles. The van der Waals surface area contributed by atoms with Crippen LogP contribution in [0.15, 0.2) is 11.6 Å². The lowest BCUT2D eigenvalue weighted by atomic mass is 9.87. The highest BCUT2D eigenvalue weighted by atomic mass is 16.4. The highest BCUT2D eigenvalue weighted by molar-refractivity contribution is 5.88. The van der Waals surface area contributed by atoms with Gasteiger partial charge in [0.25, 0.3) is 0 Å². The zero-order valence-corrected chi connectivity index (χ0v) is 5.00. The lowest BCUT2D eigenvalue weighted by Crippen LogP contribution is -2.23. The van der Waals surface area contributed by atoms with Crippen molar-refractivity contribution < 1.29 is 9.90 Å². The van der Waals surface area contributed by atoms with Crippen molar-refractivity contribution in [1.82, 2.24) is 0 Å². The van der Waals surface area contributed by atoms with E-state index in [-0.39, 0.29) is 0 Å². The highest BCUT2D eigenvalue weighted by Gasteiger charge is 2.21. The van der Waals surface area contributed by atoms with Crippen molar-refractivity contribution in [2.45, 2.75) is 6.42 Å². The van der Waals surface area contributed by atoms with E-state index in [1.54, 1.807) is 6.08 Å². The monoisotopic (exact) mass is 127 g/mol. The standard InChI is InChI=1S/C6H9NO2/c7-3-4-1-5(2-4)6(8)9/h1,4H,2-3,7H2,(H,8,9). The van der Waals surface area contributed by atoms with Gasteiger partial charge < -0.3 is 10.8 Å². The van der Waals surface area contributed by atoms with E-state index < -0.39 is 5.97 Å². The van der Waals surface area contributed by atoms with Crippen molar-refractivity contribution in [3.63, 3.8) is 0 Å². The molecule has 0 aliphatic heterocycles. The minimum absolute atomic E-state index is 0.316. The maximum Gasteiger partial charge on any atom is 0.331 e. The first kappa shape index (κ1) is 6.29. The Labute approximate surface area is 53.2 Å². The fraction of sp³-hybridized carbons (Fsp3) is 0.500. The number of carboxylic acid groups (broad SMARTS) is 1. The molecule has 0 fully saturated rings. The van der Waals surface area contributed by atoms with Gasteiger partial charge in [0, 0.05) is 5.57 Å². The average Bonchev–Trinajstić information content (AvgIpc) is 1.61. The molecule has 0 saturated carbocycles. The number of rotatable bonds is 2. The van der Waals surface area contributed by atoms with Gasteiger partial charge in [0.1, 0.15) is 0 Å². The second-order valence-electron chi connectivity index (χ2n) is 2.20. The molecule has 1 atom stereocenters. The molecule has 0 heterocycles. The molecular weight excluding hydrogens is 118 g/mol. The molecule has 0 aromatic rings. The van der Waals surface area contributed by atoms with Crippen LogP contribution in [0.25, 0.3) is 0 Å². The summed E-state index contributed by atoms with van der Waals surface area (Å²) in [4.78, 5) is 10.1. The highest BCUT2D eigenvalue weighted by Crippen LogP contribution is 2.24. The number of carbonyl (C=O) groups is 1. The van der Waals surface area contributed by atoms with Crippen LogP contribution in [0.3, 0.4) is 0 Å². The van der Waals surface area contributed by atoms with Crippen LogP contribution in [-0.4, -0.2) is 17.6 Å². The Morgan fingerprint density at radius 2 is 2.56 bits per heavy atom. The van der Waals surface area contributed by atoms with Crippen LogP contribution < -0.4 is 5.73 Å². The molecule has 0 spiro atoms. The zero-order valence-electron chi connectivity index (χ0n) is 5.00. The van der Waals surface area contributed by atoms with Gasteiger partial charge in [-0.15, -0.1) is 0 Å². The molecule has 9 heavy (non-hydrogen) atoms. The lowest BCUT2D eigenvalue weighted by molar-refractivity contribution is -0.133. The van der Waals surface area contributed by atoms with Crippen LogP contribution in [0.4, 0.5) is 0 Å². The Bertz CT molecular complexity index is 162. The third-order valence-electron chi connectivity index (χ3n) is 1.50. The van der Waals surface area contributed by atoms with Crippen molar-refractivity contribution >= 4 is 5.97 Å². The van der Waals surface area contributed by atoms with Gasteiger partial charge >= 0.3 is 5.97 Å². The first-order valence-corrected chi connectivity index (χ1v) is 2.88. The van der Waals surface area contributed by atoms with Gasteiger partial charge in [0.05, 0.1) is 0 Å². The third-order valence-corrected chi connectivity index (χ3v) is 1.50. The minimum atomic E-state index is -0.806. The lowest BCUT2D eigenvalue weighted by Gasteiger charge is -2.20. The molecule has 0 saturated heterocycles. The molecule has 1 unspecified atom stereocenters. The van der Waals surface area contributed by atoms with Crippen molar-refractivity contribution in [2.75, 3.05) is 6.54 Å². The van der Waals surface area contributed by atoms with Gasteiger partial charge in [-0.05, 0) is 18.9 Å². The van der Waals surface area contributed by atoms with Crippen LogP contribution in [0.2, 0.25) is 0 Å². The Morgan fingerprint density at radius 3 is 2.89 bits per heavy atom. The molecule has 0 bridgehead atoms. The molecule has 1 aliphatic rings. The van der Waals surface area contributed by atoms with Crippen LogP contribution in [0, 0.1) is 5.92 Å². The van der Waals surface area contributed by atoms with E-state index in [1.165, 1.54) is 0 Å². The second kappa shape index (κ2) is 2.19. The smallest absolute Gasteiger partial charge is 0.331 e. The van der Waals surface area contributed by atoms with E-state index in [1.807, 2.05) is 0 Å². The minimum Gasteiger partial charge on any atom is -0.478 e. The van der Waals surface area contributed by atoms with Gasteiger partial charge in [-0.3, -0.25) is 0 Å². The molecule has 3 heteroatoms. The van der Waals surface area contributed by atoms with Gasteiger partial charge in [-0.2, -0.15) is 0 Å². The summed E-state index contributed by atoms with van der Waals surface area (Å²) in [6.45, 7) is 0.566. The number of aliphatic carboxylic acids is 1. The third kappa shape index (κ3) is 1.10. The van der Waals surface area contributed by atoms with E-state index in [2.05, 4.69) is 0 Å². The molecule has 1 rings (SSSR count). The molecule has 3 nitrogen and oxygen atoms in total. The second-order valence-corrected chi connectivity index (χ2v) is 2.20. The Morgan fingerprint density at radius 1 is 2.00 bits per heavy atom. The SMILES string of the molecule is NCC1C=C(C(=O)O)C1. The molecular formula is C6H9NO2. The number of nitrogens with two attached hydrogens (primary N) is 1. The van der Waals surface area contributed by atoms with Gasteiger partial charge in [-0.25, -0.2) is 4.79 Å². The number of hydrogen-bond acceptors (Lipinski definition) is 2. The van der Waals surface area contributed by atoms with Crippen molar-refractivity contribution in [3.8, 4) is 0 Å². The Balaban J connectivity index is 2.44. The molecule has 0 amide bonds. The van der Waals surface area contributed by atoms with Gasteiger partial charge in [0.2, 0.25) is 0 Å². The van der Waals surface area contributed by atoms with E-state index >= 15 is 0 Å². The quantitative estimate of drug-likeness (QED) is 0.547. The Hall–Kier alpha value is -0.830. The molecule has 50 valence electrons. The normalized spacial score (nSPS) is 24.6. The van der Waals surface area contributed by atoms with E-state index in [4.69, 9.17) is 10.8 Å². The first-order chi connectivity index (χ1) is 4.24. The summed E-state index contributed by atoms with van der Waals surface area (Å²) in [7, 11) is 0. The van der Waals surface area contributed by atoms with Gasteiger partial charge in [-0.1, -0.05) is 6.08 Å². The molecule has 1 aliphatic carbocycles. The summed E-state index contributed by atoms with van der Waals surface area (Å²) in [6, 6.07) is 0. The van der Waals surface area contributed by atoms with Crippen molar-refractivity contribution in [1.29, 1.82) is 0 Å². The molecule has 0 aromatic carbocycles. The summed E-state index contributed by atoms with van der Waals surface area (Å²) in [5.74, 6) is -0.490. The maximum atomic E-state index is 10.1. The zero-order chi connectivity index (χ0) is 6.85. The van der Waals surface area contributed by atoms with Gasteiger partial charge in [0.15, 0.2) is 0 Å². The fourth-order valence-electron chi connectivity index (χ4n) is 0.843. The van der Waals surface area contributed by atoms with E-state index in [9.17, 15) is 4.79 Å². The van der Waals surface area contributed by atoms with Crippen molar-refractivity contribution in [3.05, 3.63) is 11.6 Å². The summed E-state index contributed by atoms with van der Waals surface area (Å²) in [5, 5.41) is 8.34. The first-order valence-electron chi connectivity index (χ1n) is 2.88. The predicted molar refractivity (Wildman–Crippen MR) is 32.9 cm³/mol. The van der Waals surface area contributed by atoms with E-state index in [0.717, 1.165) is 0 Å². The van der Waals surface area contributed by atoms with E-state index in [0.29, 0.717) is 24.5 Å². The predicted octanol–water partition coefficient (Wildman–Crippen LogP) is -0.0240. The fourth-order valence-corrected chi connectivity index (χ4v) is 0.843. The van der Waals surface area contributed by atoms with Crippen LogP contribution in [-0.2, 0) is 4.79 Å². The molecule has 3 N–H and O–H groups in total. The summed E-state index contributed by atoms with van der Waals surface area (Å²) >= 11 is 0. The largest absolute Gasteiger partial charge is 0.478 e. The summed E-state index contributed by atoms with van der Waals surface area (Å²) in [5.41, 5.74) is 5.76. The van der Waals surface area contributed by atoms with Crippen molar-refractivity contribution in [2.24, 2.45) is 11.7 Å². The maximum absolute atomic E-state index is 10.1.